The maximum atomic E-state index is 5.96. The maximum absolute atomic E-state index is 5.96. The van der Waals surface area contributed by atoms with Crippen molar-refractivity contribution in [2.45, 2.75) is 26.3 Å². The third kappa shape index (κ3) is 4.48. The summed E-state index contributed by atoms with van der Waals surface area (Å²) in [4.78, 5) is 0. The van der Waals surface area contributed by atoms with E-state index in [-0.39, 0.29) is 6.04 Å². The first-order valence-electron chi connectivity index (χ1n) is 7.44. The molecule has 0 saturated heterocycles. The third-order valence-electron chi connectivity index (χ3n) is 3.40. The average Bonchev–Trinajstić information content (AvgIpc) is 2.50. The Bertz CT molecular complexity index is 553. The van der Waals surface area contributed by atoms with E-state index < -0.39 is 0 Å². The molecule has 0 bridgehead atoms. The van der Waals surface area contributed by atoms with E-state index in [4.69, 9.17) is 16.3 Å². The Morgan fingerprint density at radius 3 is 2.43 bits per heavy atom. The van der Waals surface area contributed by atoms with Crippen molar-refractivity contribution in [3.8, 4) is 5.75 Å². The number of hydrogen-bond acceptors (Lipinski definition) is 2. The Kier molecular flexibility index (Phi) is 6.09. The van der Waals surface area contributed by atoms with Gasteiger partial charge in [-0.15, -0.1) is 0 Å². The zero-order valence-electron chi connectivity index (χ0n) is 12.6. The van der Waals surface area contributed by atoms with Gasteiger partial charge in [-0.2, -0.15) is 0 Å². The Labute approximate surface area is 132 Å². The number of likely N-dealkylation sites (N-methyl/N-ethyl adjacent to an activating group) is 1. The highest BCUT2D eigenvalue weighted by atomic mass is 35.5. The standard InChI is InChI=1S/C18H22ClNO/c1-3-20-17(13-14-9-11-15(19)12-10-14)16-7-5-6-8-18(16)21-4-2/h5-12,17,20H,3-4,13H2,1-2H3. The fraction of sp³-hybridized carbons (Fsp3) is 0.333. The van der Waals surface area contributed by atoms with Crippen LogP contribution < -0.4 is 10.1 Å². The summed E-state index contributed by atoms with van der Waals surface area (Å²) in [6.07, 6.45) is 0.912. The molecule has 21 heavy (non-hydrogen) atoms. The molecule has 0 aliphatic heterocycles. The highest BCUT2D eigenvalue weighted by Gasteiger charge is 2.15. The number of benzene rings is 2. The monoisotopic (exact) mass is 303 g/mol. The van der Waals surface area contributed by atoms with Crippen LogP contribution in [0.5, 0.6) is 5.75 Å². The van der Waals surface area contributed by atoms with E-state index in [1.165, 1.54) is 11.1 Å². The largest absolute Gasteiger partial charge is 0.494 e. The summed E-state index contributed by atoms with van der Waals surface area (Å²) in [5, 5.41) is 4.32. The molecule has 0 spiro atoms. The van der Waals surface area contributed by atoms with Crippen molar-refractivity contribution in [2.24, 2.45) is 0 Å². The van der Waals surface area contributed by atoms with Crippen molar-refractivity contribution in [1.29, 1.82) is 0 Å². The smallest absolute Gasteiger partial charge is 0.124 e. The van der Waals surface area contributed by atoms with Crippen LogP contribution in [0.2, 0.25) is 5.02 Å². The van der Waals surface area contributed by atoms with Gasteiger partial charge in [0.1, 0.15) is 5.75 Å². The number of para-hydroxylation sites is 1. The molecule has 3 heteroatoms. The van der Waals surface area contributed by atoms with Crippen molar-refractivity contribution >= 4 is 11.6 Å². The molecule has 1 N–H and O–H groups in total. The van der Waals surface area contributed by atoms with Gasteiger partial charge in [-0.3, -0.25) is 0 Å². The minimum absolute atomic E-state index is 0.235. The van der Waals surface area contributed by atoms with E-state index >= 15 is 0 Å². The minimum Gasteiger partial charge on any atom is -0.494 e. The van der Waals surface area contributed by atoms with Crippen LogP contribution >= 0.6 is 11.6 Å². The fourth-order valence-corrected chi connectivity index (χ4v) is 2.58. The summed E-state index contributed by atoms with van der Waals surface area (Å²) in [5.74, 6) is 0.958. The Balaban J connectivity index is 2.24. The highest BCUT2D eigenvalue weighted by Crippen LogP contribution is 2.28. The number of hydrogen-bond donors (Lipinski definition) is 1. The SMILES string of the molecule is CCNC(Cc1ccc(Cl)cc1)c1ccccc1OCC. The highest BCUT2D eigenvalue weighted by molar-refractivity contribution is 6.30. The second-order valence-electron chi connectivity index (χ2n) is 4.91. The van der Waals surface area contributed by atoms with Gasteiger partial charge in [0.25, 0.3) is 0 Å². The first-order chi connectivity index (χ1) is 10.2. The van der Waals surface area contributed by atoms with E-state index in [1.54, 1.807) is 0 Å². The molecule has 0 radical (unpaired) electrons. The average molecular weight is 304 g/mol. The van der Waals surface area contributed by atoms with Gasteiger partial charge >= 0.3 is 0 Å². The van der Waals surface area contributed by atoms with Crippen molar-refractivity contribution in [3.05, 3.63) is 64.7 Å². The van der Waals surface area contributed by atoms with Gasteiger partial charge in [0.05, 0.1) is 6.61 Å². The van der Waals surface area contributed by atoms with E-state index in [2.05, 4.69) is 36.5 Å². The summed E-state index contributed by atoms with van der Waals surface area (Å²) in [6.45, 7) is 5.73. The lowest BCUT2D eigenvalue weighted by Crippen LogP contribution is -2.23. The number of rotatable bonds is 7. The van der Waals surface area contributed by atoms with Crippen LogP contribution in [0.15, 0.2) is 48.5 Å². The van der Waals surface area contributed by atoms with E-state index in [9.17, 15) is 0 Å². The van der Waals surface area contributed by atoms with Gasteiger partial charge in [0, 0.05) is 16.6 Å². The van der Waals surface area contributed by atoms with Crippen LogP contribution in [0.25, 0.3) is 0 Å². The summed E-state index contributed by atoms with van der Waals surface area (Å²) >= 11 is 5.96. The van der Waals surface area contributed by atoms with Crippen LogP contribution in [0.4, 0.5) is 0 Å². The molecule has 112 valence electrons. The molecule has 0 aliphatic carbocycles. The maximum Gasteiger partial charge on any atom is 0.124 e. The number of halogens is 1. The molecular formula is C18H22ClNO. The molecule has 2 nitrogen and oxygen atoms in total. The van der Waals surface area contributed by atoms with Gasteiger partial charge in [-0.25, -0.2) is 0 Å². The first-order valence-corrected chi connectivity index (χ1v) is 7.82. The van der Waals surface area contributed by atoms with E-state index in [1.807, 2.05) is 31.2 Å². The zero-order chi connectivity index (χ0) is 15.1. The lowest BCUT2D eigenvalue weighted by molar-refractivity contribution is 0.331. The molecule has 1 atom stereocenters. The normalized spacial score (nSPS) is 12.1. The van der Waals surface area contributed by atoms with Crippen LogP contribution in [-0.4, -0.2) is 13.2 Å². The predicted octanol–water partition coefficient (Wildman–Crippen LogP) is 4.63. The van der Waals surface area contributed by atoms with Gasteiger partial charge in [0.2, 0.25) is 0 Å². The molecule has 2 aromatic rings. The number of nitrogens with one attached hydrogen (secondary N) is 1. The summed E-state index contributed by atoms with van der Waals surface area (Å²) in [6, 6.07) is 16.5. The van der Waals surface area contributed by atoms with Crippen molar-refractivity contribution < 1.29 is 4.74 Å². The van der Waals surface area contributed by atoms with E-state index in [0.717, 1.165) is 23.7 Å². The van der Waals surface area contributed by atoms with Gasteiger partial charge in [0.15, 0.2) is 0 Å². The lowest BCUT2D eigenvalue weighted by Gasteiger charge is -2.21. The van der Waals surface area contributed by atoms with Crippen LogP contribution in [0, 0.1) is 0 Å². The van der Waals surface area contributed by atoms with Crippen molar-refractivity contribution in [2.75, 3.05) is 13.2 Å². The van der Waals surface area contributed by atoms with Crippen molar-refractivity contribution in [3.63, 3.8) is 0 Å². The summed E-state index contributed by atoms with van der Waals surface area (Å²) < 4.78 is 5.76. The third-order valence-corrected chi connectivity index (χ3v) is 3.65. The molecule has 0 saturated carbocycles. The molecule has 0 aromatic heterocycles. The second-order valence-corrected chi connectivity index (χ2v) is 5.35. The predicted molar refractivity (Wildman–Crippen MR) is 89.2 cm³/mol. The second kappa shape index (κ2) is 8.06. The van der Waals surface area contributed by atoms with Gasteiger partial charge in [-0.1, -0.05) is 48.9 Å². The first kappa shape index (κ1) is 15.9. The lowest BCUT2D eigenvalue weighted by atomic mass is 9.98. The Morgan fingerprint density at radius 2 is 1.76 bits per heavy atom. The van der Waals surface area contributed by atoms with Crippen LogP contribution in [0.1, 0.15) is 31.0 Å². The topological polar surface area (TPSA) is 21.3 Å². The quantitative estimate of drug-likeness (QED) is 0.805. The molecule has 2 rings (SSSR count). The van der Waals surface area contributed by atoms with Crippen LogP contribution in [-0.2, 0) is 6.42 Å². The fourth-order valence-electron chi connectivity index (χ4n) is 2.45. The zero-order valence-corrected chi connectivity index (χ0v) is 13.4. The minimum atomic E-state index is 0.235. The molecular weight excluding hydrogens is 282 g/mol. The summed E-state index contributed by atoms with van der Waals surface area (Å²) in [5.41, 5.74) is 2.47. The Morgan fingerprint density at radius 1 is 1.05 bits per heavy atom. The van der Waals surface area contributed by atoms with E-state index in [0.29, 0.717) is 6.61 Å². The molecule has 1 unspecified atom stereocenters. The molecule has 2 aromatic carbocycles. The molecule has 0 heterocycles. The molecule has 0 amide bonds. The molecule has 0 aliphatic rings. The number of ether oxygens (including phenoxy) is 1. The van der Waals surface area contributed by atoms with Crippen molar-refractivity contribution in [1.82, 2.24) is 5.32 Å². The summed E-state index contributed by atoms with van der Waals surface area (Å²) in [7, 11) is 0. The molecule has 0 fully saturated rings. The van der Waals surface area contributed by atoms with Gasteiger partial charge < -0.3 is 10.1 Å². The van der Waals surface area contributed by atoms with Crippen LogP contribution in [0.3, 0.4) is 0 Å². The van der Waals surface area contributed by atoms with Gasteiger partial charge in [-0.05, 0) is 43.7 Å². The Hall–Kier alpha value is -1.51.